The summed E-state index contributed by atoms with van der Waals surface area (Å²) in [5.74, 6) is -5.10. The molecule has 0 radical (unpaired) electrons. The van der Waals surface area contributed by atoms with Crippen molar-refractivity contribution in [1.29, 1.82) is 0 Å². The van der Waals surface area contributed by atoms with Gasteiger partial charge < -0.3 is 24.5 Å². The SMILES string of the molecule is O=C(NC1CN(C(=O)O)CCC1(F)F)c1nc2cccc(-c3ccccc3OCC(F)(F)F)c2o1. The number of nitrogens with zero attached hydrogens (tertiary/aromatic N) is 2. The van der Waals surface area contributed by atoms with E-state index in [0.29, 0.717) is 0 Å². The van der Waals surface area contributed by atoms with Crippen LogP contribution in [0.4, 0.5) is 26.7 Å². The molecule has 1 atom stereocenters. The van der Waals surface area contributed by atoms with Gasteiger partial charge in [0.2, 0.25) is 0 Å². The zero-order chi connectivity index (χ0) is 25.4. The summed E-state index contributed by atoms with van der Waals surface area (Å²) < 4.78 is 77.0. The Hall–Kier alpha value is -3.90. The van der Waals surface area contributed by atoms with Gasteiger partial charge in [0, 0.05) is 24.1 Å². The first-order chi connectivity index (χ1) is 16.4. The number of carbonyl (C=O) groups is 2. The van der Waals surface area contributed by atoms with Crippen molar-refractivity contribution in [2.45, 2.75) is 24.6 Å². The van der Waals surface area contributed by atoms with Crippen LogP contribution in [-0.4, -0.2) is 64.8 Å². The van der Waals surface area contributed by atoms with Crippen molar-refractivity contribution in [1.82, 2.24) is 15.2 Å². The molecule has 2 N–H and O–H groups in total. The molecular formula is C22H18F5N3O5. The Morgan fingerprint density at radius 1 is 1.17 bits per heavy atom. The number of ether oxygens (including phenoxy) is 1. The zero-order valence-corrected chi connectivity index (χ0v) is 17.8. The molecule has 1 aliphatic heterocycles. The van der Waals surface area contributed by atoms with Gasteiger partial charge in [-0.3, -0.25) is 4.79 Å². The summed E-state index contributed by atoms with van der Waals surface area (Å²) >= 11 is 0. The lowest BCUT2D eigenvalue weighted by atomic mass is 10.0. The Balaban J connectivity index is 1.63. The van der Waals surface area contributed by atoms with Crippen LogP contribution < -0.4 is 10.1 Å². The fraction of sp³-hybridized carbons (Fsp3) is 0.318. The predicted octanol–water partition coefficient (Wildman–Crippen LogP) is 4.55. The van der Waals surface area contributed by atoms with Gasteiger partial charge in [-0.15, -0.1) is 0 Å². The van der Waals surface area contributed by atoms with E-state index >= 15 is 0 Å². The maximum Gasteiger partial charge on any atom is 0.422 e. The van der Waals surface area contributed by atoms with Crippen LogP contribution in [0.5, 0.6) is 5.75 Å². The van der Waals surface area contributed by atoms with Crippen LogP contribution in [0.15, 0.2) is 46.9 Å². The first kappa shape index (κ1) is 24.2. The normalized spacial score (nSPS) is 17.9. The van der Waals surface area contributed by atoms with Gasteiger partial charge in [-0.2, -0.15) is 13.2 Å². The molecule has 0 saturated carbocycles. The highest BCUT2D eigenvalue weighted by molar-refractivity contribution is 5.97. The van der Waals surface area contributed by atoms with Crippen molar-refractivity contribution < 1.29 is 45.8 Å². The second-order valence-electron chi connectivity index (χ2n) is 7.84. The van der Waals surface area contributed by atoms with Crippen molar-refractivity contribution in [3.05, 3.63) is 48.4 Å². The van der Waals surface area contributed by atoms with Gasteiger partial charge in [-0.25, -0.2) is 18.6 Å². The molecule has 1 aliphatic rings. The summed E-state index contributed by atoms with van der Waals surface area (Å²) in [7, 11) is 0. The van der Waals surface area contributed by atoms with Crippen molar-refractivity contribution in [2.24, 2.45) is 0 Å². The second-order valence-corrected chi connectivity index (χ2v) is 7.84. The largest absolute Gasteiger partial charge is 0.483 e. The van der Waals surface area contributed by atoms with E-state index in [9.17, 15) is 31.5 Å². The lowest BCUT2D eigenvalue weighted by Gasteiger charge is -2.36. The smallest absolute Gasteiger partial charge is 0.422 e. The van der Waals surface area contributed by atoms with Crippen molar-refractivity contribution in [2.75, 3.05) is 19.7 Å². The molecule has 3 aromatic rings. The second kappa shape index (κ2) is 9.04. The first-order valence-corrected chi connectivity index (χ1v) is 10.3. The van der Waals surface area contributed by atoms with E-state index in [0.717, 1.165) is 4.90 Å². The van der Waals surface area contributed by atoms with E-state index in [4.69, 9.17) is 14.3 Å². The molecule has 2 amide bonds. The zero-order valence-electron chi connectivity index (χ0n) is 17.8. The van der Waals surface area contributed by atoms with Crippen molar-refractivity contribution >= 4 is 23.1 Å². The van der Waals surface area contributed by atoms with Crippen LogP contribution in [0.25, 0.3) is 22.2 Å². The molecular weight excluding hydrogens is 481 g/mol. The molecule has 1 unspecified atom stereocenters. The van der Waals surface area contributed by atoms with E-state index < -0.39 is 55.6 Å². The Morgan fingerprint density at radius 2 is 1.89 bits per heavy atom. The average Bonchev–Trinajstić information content (AvgIpc) is 3.23. The van der Waals surface area contributed by atoms with Gasteiger partial charge in [0.15, 0.2) is 12.2 Å². The van der Waals surface area contributed by atoms with Gasteiger partial charge in [-0.05, 0) is 12.1 Å². The maximum absolute atomic E-state index is 14.3. The highest BCUT2D eigenvalue weighted by atomic mass is 19.4. The number of rotatable bonds is 5. The minimum atomic E-state index is -4.56. The predicted molar refractivity (Wildman–Crippen MR) is 111 cm³/mol. The van der Waals surface area contributed by atoms with Gasteiger partial charge in [0.25, 0.3) is 11.8 Å². The molecule has 35 heavy (non-hydrogen) atoms. The number of fused-ring (bicyclic) bond motifs is 1. The third-order valence-corrected chi connectivity index (χ3v) is 5.38. The molecule has 0 bridgehead atoms. The van der Waals surface area contributed by atoms with Crippen LogP contribution in [0, 0.1) is 0 Å². The van der Waals surface area contributed by atoms with Gasteiger partial charge in [0.1, 0.15) is 17.3 Å². The minimum absolute atomic E-state index is 0.0308. The van der Waals surface area contributed by atoms with Crippen LogP contribution in [-0.2, 0) is 0 Å². The molecule has 1 saturated heterocycles. The van der Waals surface area contributed by atoms with Gasteiger partial charge >= 0.3 is 18.2 Å². The Labute approximate surface area is 194 Å². The number of hydrogen-bond acceptors (Lipinski definition) is 5. The number of para-hydroxylation sites is 2. The number of carboxylic acid groups (broad SMARTS) is 1. The summed E-state index contributed by atoms with van der Waals surface area (Å²) in [5, 5.41) is 11.2. The summed E-state index contributed by atoms with van der Waals surface area (Å²) in [4.78, 5) is 28.6. The molecule has 13 heteroatoms. The van der Waals surface area contributed by atoms with E-state index in [1.54, 1.807) is 6.07 Å². The Morgan fingerprint density at radius 3 is 2.60 bits per heavy atom. The Kier molecular flexibility index (Phi) is 6.26. The lowest BCUT2D eigenvalue weighted by Crippen LogP contribution is -2.59. The third-order valence-electron chi connectivity index (χ3n) is 5.38. The van der Waals surface area contributed by atoms with E-state index in [2.05, 4.69) is 10.3 Å². The van der Waals surface area contributed by atoms with Crippen LogP contribution >= 0.6 is 0 Å². The monoisotopic (exact) mass is 499 g/mol. The fourth-order valence-corrected chi connectivity index (χ4v) is 3.68. The molecule has 8 nitrogen and oxygen atoms in total. The molecule has 0 aliphatic carbocycles. The Bertz CT molecular complexity index is 1260. The van der Waals surface area contributed by atoms with Crippen molar-refractivity contribution in [3.8, 4) is 16.9 Å². The van der Waals surface area contributed by atoms with Gasteiger partial charge in [-0.1, -0.05) is 30.3 Å². The number of halogens is 5. The average molecular weight is 499 g/mol. The molecule has 0 spiro atoms. The van der Waals surface area contributed by atoms with Gasteiger partial charge in [0.05, 0.1) is 6.54 Å². The third kappa shape index (κ3) is 5.28. The molecule has 2 aromatic carbocycles. The van der Waals surface area contributed by atoms with E-state index in [1.807, 2.05) is 0 Å². The molecule has 4 rings (SSSR count). The highest BCUT2D eigenvalue weighted by Gasteiger charge is 2.46. The van der Waals surface area contributed by atoms with Crippen LogP contribution in [0.1, 0.15) is 17.1 Å². The summed E-state index contributed by atoms with van der Waals surface area (Å²) in [6, 6.07) is 8.60. The topological polar surface area (TPSA) is 105 Å². The summed E-state index contributed by atoms with van der Waals surface area (Å²) in [6.45, 7) is -2.52. The van der Waals surface area contributed by atoms with Crippen LogP contribution in [0.2, 0.25) is 0 Å². The lowest BCUT2D eigenvalue weighted by molar-refractivity contribution is -0.153. The number of aromatic nitrogens is 1. The molecule has 1 aromatic heterocycles. The van der Waals surface area contributed by atoms with E-state index in [-0.39, 0.29) is 34.5 Å². The fourth-order valence-electron chi connectivity index (χ4n) is 3.68. The number of alkyl halides is 5. The number of nitrogens with one attached hydrogen (secondary N) is 1. The molecule has 1 fully saturated rings. The number of carbonyl (C=O) groups excluding carboxylic acids is 1. The van der Waals surface area contributed by atoms with Crippen LogP contribution in [0.3, 0.4) is 0 Å². The maximum atomic E-state index is 14.3. The number of likely N-dealkylation sites (tertiary alicyclic amines) is 1. The number of hydrogen-bond donors (Lipinski definition) is 2. The first-order valence-electron chi connectivity index (χ1n) is 10.3. The molecule has 2 heterocycles. The summed E-state index contributed by atoms with van der Waals surface area (Å²) in [6.07, 6.45) is -6.72. The molecule has 186 valence electrons. The number of benzene rings is 2. The number of amides is 2. The van der Waals surface area contributed by atoms with Crippen molar-refractivity contribution in [3.63, 3.8) is 0 Å². The number of piperidine rings is 1. The highest BCUT2D eigenvalue weighted by Crippen LogP contribution is 2.36. The van der Waals surface area contributed by atoms with E-state index in [1.165, 1.54) is 36.4 Å². The minimum Gasteiger partial charge on any atom is -0.483 e. The number of oxazole rings is 1. The summed E-state index contributed by atoms with van der Waals surface area (Å²) in [5.41, 5.74) is 0.692. The standard InChI is InChI=1S/C22H18F5N3O5/c23-21(24)8-9-30(20(32)33)10-16(21)29-18(31)19-28-14-6-3-5-13(17(14)35-19)12-4-1-2-7-15(12)34-11-22(25,26)27/h1-7,16H,8-11H2,(H,29,31)(H,32,33). The quantitative estimate of drug-likeness (QED) is 0.499.